The molecule has 25 heavy (non-hydrogen) atoms. The summed E-state index contributed by atoms with van der Waals surface area (Å²) in [4.78, 5) is 11.1. The Morgan fingerprint density at radius 3 is 2.52 bits per heavy atom. The van der Waals surface area contributed by atoms with E-state index >= 15 is 0 Å². The van der Waals surface area contributed by atoms with E-state index in [1.165, 1.54) is 18.2 Å². The van der Waals surface area contributed by atoms with Gasteiger partial charge in [-0.1, -0.05) is 6.92 Å². The van der Waals surface area contributed by atoms with Crippen LogP contribution in [0, 0.1) is 0 Å². The number of carbonyl (C=O) groups is 1. The van der Waals surface area contributed by atoms with Gasteiger partial charge in [-0.2, -0.15) is 0 Å². The van der Waals surface area contributed by atoms with E-state index in [0.717, 1.165) is 6.42 Å². The predicted octanol–water partition coefficient (Wildman–Crippen LogP) is 2.69. The number of ether oxygens (including phenoxy) is 1. The van der Waals surface area contributed by atoms with Gasteiger partial charge >= 0.3 is 5.97 Å². The molecule has 0 fully saturated rings. The third kappa shape index (κ3) is 7.01. The maximum atomic E-state index is 12.6. The fraction of sp³-hybridized carbons (Fsp3) is 0.588. The molecular weight excluding hydrogens is 344 g/mol. The molecule has 0 aromatic heterocycles. The molecule has 0 aliphatic carbocycles. The molecule has 0 saturated carbocycles. The second-order valence-corrected chi connectivity index (χ2v) is 7.88. The number of sulfonamides is 1. The molecule has 1 aromatic carbocycles. The molecule has 8 heteroatoms. The van der Waals surface area contributed by atoms with Crippen molar-refractivity contribution in [2.45, 2.75) is 57.6 Å². The first kappa shape index (κ1) is 21.4. The number of rotatable bonds is 11. The summed E-state index contributed by atoms with van der Waals surface area (Å²) in [5.74, 6) is -1.17. The van der Waals surface area contributed by atoms with Crippen LogP contribution >= 0.6 is 0 Å². The Morgan fingerprint density at radius 1 is 1.28 bits per heavy atom. The molecule has 0 bridgehead atoms. The monoisotopic (exact) mass is 372 g/mol. The lowest BCUT2D eigenvalue weighted by Gasteiger charge is -2.18. The number of aromatic carboxylic acids is 1. The Bertz CT molecular complexity index is 674. The summed E-state index contributed by atoms with van der Waals surface area (Å²) >= 11 is 0. The van der Waals surface area contributed by atoms with Gasteiger partial charge < -0.3 is 15.2 Å². The largest absolute Gasteiger partial charge is 0.478 e. The van der Waals surface area contributed by atoms with Crippen molar-refractivity contribution < 1.29 is 23.1 Å². The minimum Gasteiger partial charge on any atom is -0.478 e. The normalized spacial score (nSPS) is 13.0. The van der Waals surface area contributed by atoms with Crippen LogP contribution < -0.4 is 10.0 Å². The molecule has 1 atom stereocenters. The van der Waals surface area contributed by atoms with Crippen LogP contribution in [0.15, 0.2) is 23.1 Å². The van der Waals surface area contributed by atoms with Crippen molar-refractivity contribution in [3.8, 4) is 0 Å². The molecule has 0 spiro atoms. The van der Waals surface area contributed by atoms with Crippen LogP contribution in [-0.4, -0.2) is 44.8 Å². The van der Waals surface area contributed by atoms with Crippen LogP contribution in [0.5, 0.6) is 0 Å². The Labute approximate surface area is 149 Å². The minimum atomic E-state index is -3.83. The van der Waals surface area contributed by atoms with Gasteiger partial charge in [-0.05, 0) is 51.8 Å². The highest BCUT2D eigenvalue weighted by Crippen LogP contribution is 2.24. The molecule has 7 nitrogen and oxygen atoms in total. The lowest BCUT2D eigenvalue weighted by Crippen LogP contribution is -2.27. The SMILES string of the molecule is CCC(C)Nc1ccc(C(=O)O)cc1S(=O)(=O)NCCCOC(C)C. The van der Waals surface area contributed by atoms with Crippen molar-refractivity contribution in [1.82, 2.24) is 4.72 Å². The molecule has 1 aromatic rings. The Morgan fingerprint density at radius 2 is 1.96 bits per heavy atom. The van der Waals surface area contributed by atoms with Crippen LogP contribution in [-0.2, 0) is 14.8 Å². The number of carboxylic acid groups (broad SMARTS) is 1. The van der Waals surface area contributed by atoms with Crippen molar-refractivity contribution in [3.05, 3.63) is 23.8 Å². The zero-order chi connectivity index (χ0) is 19.0. The van der Waals surface area contributed by atoms with Gasteiger partial charge in [0.2, 0.25) is 10.0 Å². The minimum absolute atomic E-state index is 0.0579. The highest BCUT2D eigenvalue weighted by molar-refractivity contribution is 7.89. The van der Waals surface area contributed by atoms with E-state index < -0.39 is 16.0 Å². The maximum absolute atomic E-state index is 12.6. The summed E-state index contributed by atoms with van der Waals surface area (Å²) in [6, 6.07) is 4.12. The molecule has 0 aliphatic heterocycles. The molecule has 1 rings (SSSR count). The lowest BCUT2D eigenvalue weighted by molar-refractivity contribution is 0.0696. The standard InChI is InChI=1S/C17H28N2O5S/c1-5-13(4)19-15-8-7-14(17(20)21)11-16(15)25(22,23)18-9-6-10-24-12(2)3/h7-8,11-13,18-19H,5-6,9-10H2,1-4H3,(H,20,21). The summed E-state index contributed by atoms with van der Waals surface area (Å²) < 4.78 is 33.1. The Balaban J connectivity index is 2.96. The van der Waals surface area contributed by atoms with E-state index in [-0.39, 0.29) is 29.1 Å². The highest BCUT2D eigenvalue weighted by Gasteiger charge is 2.21. The number of benzene rings is 1. The molecule has 0 radical (unpaired) electrons. The molecule has 0 saturated heterocycles. The van der Waals surface area contributed by atoms with Crippen LogP contribution in [0.1, 0.15) is 50.9 Å². The first-order valence-corrected chi connectivity index (χ1v) is 9.90. The summed E-state index contributed by atoms with van der Waals surface area (Å²) in [6.07, 6.45) is 1.43. The zero-order valence-corrected chi connectivity index (χ0v) is 16.0. The van der Waals surface area contributed by atoms with Gasteiger partial charge in [0, 0.05) is 19.2 Å². The van der Waals surface area contributed by atoms with Crippen LogP contribution in [0.4, 0.5) is 5.69 Å². The molecule has 0 heterocycles. The molecular formula is C17H28N2O5S. The van der Waals surface area contributed by atoms with Crippen LogP contribution in [0.3, 0.4) is 0 Å². The predicted molar refractivity (Wildman–Crippen MR) is 97.7 cm³/mol. The Hall–Kier alpha value is -1.64. The van der Waals surface area contributed by atoms with Crippen molar-refractivity contribution in [2.75, 3.05) is 18.5 Å². The van der Waals surface area contributed by atoms with Crippen molar-refractivity contribution in [2.24, 2.45) is 0 Å². The molecule has 0 amide bonds. The first-order valence-electron chi connectivity index (χ1n) is 8.42. The molecule has 0 aliphatic rings. The van der Waals surface area contributed by atoms with Gasteiger partial charge in [-0.25, -0.2) is 17.9 Å². The average molecular weight is 372 g/mol. The summed E-state index contributed by atoms with van der Waals surface area (Å²) in [5.41, 5.74) is 0.323. The van der Waals surface area contributed by atoms with Gasteiger partial charge in [-0.3, -0.25) is 0 Å². The number of carboxylic acids is 1. The van der Waals surface area contributed by atoms with Gasteiger partial charge in [0.05, 0.1) is 17.4 Å². The zero-order valence-electron chi connectivity index (χ0n) is 15.2. The number of anilines is 1. The lowest BCUT2D eigenvalue weighted by atomic mass is 10.2. The average Bonchev–Trinajstić information content (AvgIpc) is 2.53. The number of hydrogen-bond donors (Lipinski definition) is 3. The second kappa shape index (κ2) is 9.74. The van der Waals surface area contributed by atoms with E-state index in [2.05, 4.69) is 10.0 Å². The molecule has 142 valence electrons. The molecule has 1 unspecified atom stereocenters. The van der Waals surface area contributed by atoms with E-state index in [4.69, 9.17) is 9.84 Å². The van der Waals surface area contributed by atoms with Gasteiger partial charge in [0.1, 0.15) is 4.90 Å². The second-order valence-electron chi connectivity index (χ2n) is 6.14. The van der Waals surface area contributed by atoms with E-state index in [0.29, 0.717) is 18.7 Å². The fourth-order valence-electron chi connectivity index (χ4n) is 2.04. The summed E-state index contributed by atoms with van der Waals surface area (Å²) in [5, 5.41) is 12.3. The fourth-order valence-corrected chi connectivity index (χ4v) is 3.31. The summed E-state index contributed by atoms with van der Waals surface area (Å²) in [7, 11) is -3.83. The topological polar surface area (TPSA) is 105 Å². The van der Waals surface area contributed by atoms with Crippen molar-refractivity contribution in [1.29, 1.82) is 0 Å². The van der Waals surface area contributed by atoms with E-state index in [9.17, 15) is 13.2 Å². The number of hydrogen-bond acceptors (Lipinski definition) is 5. The van der Waals surface area contributed by atoms with Crippen LogP contribution in [0.25, 0.3) is 0 Å². The van der Waals surface area contributed by atoms with Gasteiger partial charge in [0.25, 0.3) is 0 Å². The van der Waals surface area contributed by atoms with Crippen LogP contribution in [0.2, 0.25) is 0 Å². The molecule has 3 N–H and O–H groups in total. The van der Waals surface area contributed by atoms with E-state index in [1.54, 1.807) is 0 Å². The third-order valence-corrected chi connectivity index (χ3v) is 5.10. The maximum Gasteiger partial charge on any atom is 0.335 e. The van der Waals surface area contributed by atoms with Gasteiger partial charge in [0.15, 0.2) is 0 Å². The smallest absolute Gasteiger partial charge is 0.335 e. The van der Waals surface area contributed by atoms with Gasteiger partial charge in [-0.15, -0.1) is 0 Å². The quantitative estimate of drug-likeness (QED) is 0.516. The highest BCUT2D eigenvalue weighted by atomic mass is 32.2. The third-order valence-electron chi connectivity index (χ3n) is 3.60. The van der Waals surface area contributed by atoms with Crippen molar-refractivity contribution in [3.63, 3.8) is 0 Å². The van der Waals surface area contributed by atoms with E-state index in [1.807, 2.05) is 27.7 Å². The van der Waals surface area contributed by atoms with Crippen molar-refractivity contribution >= 4 is 21.7 Å². The first-order chi connectivity index (χ1) is 11.7. The summed E-state index contributed by atoms with van der Waals surface area (Å²) in [6.45, 7) is 8.40. The Kier molecular flexibility index (Phi) is 8.34. The number of nitrogens with one attached hydrogen (secondary N) is 2.